The fraction of sp³-hybridized carbons (Fsp3) is 0.263. The summed E-state index contributed by atoms with van der Waals surface area (Å²) in [6, 6.07) is 10.7. The number of carbonyl (C=O) groups is 2. The Kier molecular flexibility index (Phi) is 6.09. The summed E-state index contributed by atoms with van der Waals surface area (Å²) in [5.74, 6) is 0.661. The second-order valence-corrected chi connectivity index (χ2v) is 5.96. The number of urea groups is 1. The van der Waals surface area contributed by atoms with Crippen LogP contribution in [0.3, 0.4) is 0 Å². The van der Waals surface area contributed by atoms with Crippen LogP contribution in [-0.2, 0) is 17.6 Å². The summed E-state index contributed by atoms with van der Waals surface area (Å²) in [6.45, 7) is 1.45. The number of hydrogen-bond acceptors (Lipinski definition) is 4. The number of carbonyl (C=O) groups excluding carboxylic acids is 2. The summed E-state index contributed by atoms with van der Waals surface area (Å²) in [6.07, 6.45) is 0.644. The van der Waals surface area contributed by atoms with E-state index < -0.39 is 11.9 Å². The van der Waals surface area contributed by atoms with Crippen LogP contribution in [0.2, 0.25) is 0 Å². The lowest BCUT2D eigenvalue weighted by molar-refractivity contribution is -0.121. The molecule has 0 atom stereocenters. The molecule has 0 aromatic heterocycles. The van der Waals surface area contributed by atoms with Crippen molar-refractivity contribution in [1.29, 1.82) is 0 Å². The van der Waals surface area contributed by atoms with Crippen LogP contribution in [-0.4, -0.2) is 31.7 Å². The predicted octanol–water partition coefficient (Wildman–Crippen LogP) is 1.71. The Balaban J connectivity index is 1.36. The smallest absolute Gasteiger partial charge is 0.333 e. The van der Waals surface area contributed by atoms with Crippen molar-refractivity contribution < 1.29 is 23.5 Å². The molecular weight excluding hydrogens is 353 g/mol. The second-order valence-electron chi connectivity index (χ2n) is 5.96. The Hall–Kier alpha value is -3.29. The molecule has 1 aliphatic heterocycles. The van der Waals surface area contributed by atoms with Gasteiger partial charge in [0, 0.05) is 6.54 Å². The van der Waals surface area contributed by atoms with Crippen molar-refractivity contribution in [3.05, 3.63) is 59.4 Å². The molecule has 3 amide bonds. The van der Waals surface area contributed by atoms with Gasteiger partial charge < -0.3 is 14.8 Å². The predicted molar refractivity (Wildman–Crippen MR) is 95.9 cm³/mol. The van der Waals surface area contributed by atoms with Gasteiger partial charge in [0.2, 0.25) is 5.91 Å². The molecule has 8 heteroatoms. The van der Waals surface area contributed by atoms with Crippen LogP contribution >= 0.6 is 0 Å². The highest BCUT2D eigenvalue weighted by atomic mass is 19.1. The number of nitrogens with one attached hydrogen (secondary N) is 3. The molecule has 2 aromatic carbocycles. The number of benzene rings is 2. The highest BCUT2D eigenvalue weighted by Gasteiger charge is 2.11. The number of hydrazine groups is 1. The van der Waals surface area contributed by atoms with E-state index in [2.05, 4.69) is 16.2 Å². The van der Waals surface area contributed by atoms with Gasteiger partial charge in [0.1, 0.15) is 19.0 Å². The van der Waals surface area contributed by atoms with E-state index in [0.717, 1.165) is 11.3 Å². The van der Waals surface area contributed by atoms with Gasteiger partial charge in [-0.25, -0.2) is 14.6 Å². The van der Waals surface area contributed by atoms with Gasteiger partial charge in [0.05, 0.1) is 6.42 Å². The second kappa shape index (κ2) is 8.88. The van der Waals surface area contributed by atoms with Crippen LogP contribution in [0.25, 0.3) is 0 Å². The van der Waals surface area contributed by atoms with Gasteiger partial charge in [-0.2, -0.15) is 0 Å². The van der Waals surface area contributed by atoms with Gasteiger partial charge in [-0.1, -0.05) is 18.2 Å². The van der Waals surface area contributed by atoms with Gasteiger partial charge in [-0.05, 0) is 41.8 Å². The number of ether oxygens (including phenoxy) is 2. The third-order valence-corrected chi connectivity index (χ3v) is 3.90. The van der Waals surface area contributed by atoms with Crippen LogP contribution in [0.15, 0.2) is 42.5 Å². The Morgan fingerprint density at radius 2 is 1.63 bits per heavy atom. The van der Waals surface area contributed by atoms with E-state index in [1.54, 1.807) is 0 Å². The Morgan fingerprint density at radius 1 is 0.926 bits per heavy atom. The Labute approximate surface area is 155 Å². The topological polar surface area (TPSA) is 88.7 Å². The van der Waals surface area contributed by atoms with Gasteiger partial charge >= 0.3 is 6.03 Å². The molecule has 0 aliphatic carbocycles. The first kappa shape index (κ1) is 18.5. The normalized spacial score (nSPS) is 12.2. The molecule has 0 saturated carbocycles. The van der Waals surface area contributed by atoms with E-state index in [0.29, 0.717) is 37.5 Å². The van der Waals surface area contributed by atoms with Crippen molar-refractivity contribution >= 4 is 11.9 Å². The average Bonchev–Trinajstić information content (AvgIpc) is 2.68. The van der Waals surface area contributed by atoms with E-state index in [9.17, 15) is 14.0 Å². The highest BCUT2D eigenvalue weighted by Crippen LogP contribution is 2.30. The molecule has 142 valence electrons. The first-order valence-electron chi connectivity index (χ1n) is 8.56. The number of fused-ring (bicyclic) bond motifs is 1. The molecule has 1 aliphatic rings. The maximum atomic E-state index is 12.8. The quantitative estimate of drug-likeness (QED) is 0.697. The minimum atomic E-state index is -0.514. The van der Waals surface area contributed by atoms with E-state index in [1.165, 1.54) is 24.3 Å². The molecule has 0 unspecified atom stereocenters. The van der Waals surface area contributed by atoms with E-state index in [4.69, 9.17) is 9.47 Å². The van der Waals surface area contributed by atoms with Crippen molar-refractivity contribution in [2.45, 2.75) is 12.8 Å². The average molecular weight is 373 g/mol. The fourth-order valence-corrected chi connectivity index (χ4v) is 2.57. The molecule has 2 aromatic rings. The number of rotatable bonds is 5. The van der Waals surface area contributed by atoms with E-state index >= 15 is 0 Å². The zero-order valence-electron chi connectivity index (χ0n) is 14.6. The van der Waals surface area contributed by atoms with Crippen LogP contribution in [0.1, 0.15) is 11.1 Å². The molecule has 7 nitrogen and oxygen atoms in total. The van der Waals surface area contributed by atoms with Gasteiger partial charge in [-0.15, -0.1) is 0 Å². The van der Waals surface area contributed by atoms with Crippen LogP contribution in [0, 0.1) is 5.82 Å². The number of halogens is 1. The molecule has 3 N–H and O–H groups in total. The van der Waals surface area contributed by atoms with Crippen molar-refractivity contribution in [2.24, 2.45) is 0 Å². The summed E-state index contributed by atoms with van der Waals surface area (Å²) < 4.78 is 23.8. The first-order valence-corrected chi connectivity index (χ1v) is 8.56. The van der Waals surface area contributed by atoms with Crippen molar-refractivity contribution in [1.82, 2.24) is 16.2 Å². The number of hydrogen-bond donors (Lipinski definition) is 3. The summed E-state index contributed by atoms with van der Waals surface area (Å²) in [5.41, 5.74) is 6.23. The first-order chi connectivity index (χ1) is 13.1. The minimum Gasteiger partial charge on any atom is -0.486 e. The van der Waals surface area contributed by atoms with Crippen LogP contribution < -0.4 is 25.6 Å². The summed E-state index contributed by atoms with van der Waals surface area (Å²) in [7, 11) is 0. The van der Waals surface area contributed by atoms with E-state index in [1.807, 2.05) is 18.2 Å². The summed E-state index contributed by atoms with van der Waals surface area (Å²) >= 11 is 0. The standard InChI is InChI=1S/C19H20FN3O4/c20-15-4-1-13(2-5-15)12-18(24)22-23-19(25)21-8-7-14-3-6-16-17(11-14)27-10-9-26-16/h1-6,11H,7-10,12H2,(H,22,24)(H2,21,23,25). The Morgan fingerprint density at radius 3 is 2.41 bits per heavy atom. The zero-order chi connectivity index (χ0) is 19.1. The van der Waals surface area contributed by atoms with Crippen molar-refractivity contribution in [2.75, 3.05) is 19.8 Å². The molecule has 3 rings (SSSR count). The molecular formula is C19H20FN3O4. The van der Waals surface area contributed by atoms with E-state index in [-0.39, 0.29) is 12.2 Å². The molecule has 0 spiro atoms. The highest BCUT2D eigenvalue weighted by molar-refractivity contribution is 5.82. The van der Waals surface area contributed by atoms with Gasteiger partial charge in [-0.3, -0.25) is 10.2 Å². The maximum absolute atomic E-state index is 12.8. The van der Waals surface area contributed by atoms with Crippen LogP contribution in [0.5, 0.6) is 11.5 Å². The molecule has 1 heterocycles. The lowest BCUT2D eigenvalue weighted by Gasteiger charge is -2.18. The lowest BCUT2D eigenvalue weighted by Crippen LogP contribution is -2.47. The number of amides is 3. The largest absolute Gasteiger partial charge is 0.486 e. The zero-order valence-corrected chi connectivity index (χ0v) is 14.6. The van der Waals surface area contributed by atoms with Crippen molar-refractivity contribution in [3.63, 3.8) is 0 Å². The lowest BCUT2D eigenvalue weighted by atomic mass is 10.1. The molecule has 0 radical (unpaired) electrons. The molecule has 0 fully saturated rings. The summed E-state index contributed by atoms with van der Waals surface area (Å²) in [4.78, 5) is 23.5. The summed E-state index contributed by atoms with van der Waals surface area (Å²) in [5, 5.41) is 2.65. The van der Waals surface area contributed by atoms with Gasteiger partial charge in [0.15, 0.2) is 11.5 Å². The minimum absolute atomic E-state index is 0.0394. The van der Waals surface area contributed by atoms with Crippen molar-refractivity contribution in [3.8, 4) is 11.5 Å². The monoisotopic (exact) mass is 373 g/mol. The third-order valence-electron chi connectivity index (χ3n) is 3.90. The molecule has 0 saturated heterocycles. The fourth-order valence-electron chi connectivity index (χ4n) is 2.57. The molecule has 0 bridgehead atoms. The maximum Gasteiger partial charge on any atom is 0.333 e. The SMILES string of the molecule is O=C(Cc1ccc(F)cc1)NNC(=O)NCCc1ccc2c(c1)OCCO2. The Bertz CT molecular complexity index is 811. The van der Waals surface area contributed by atoms with Gasteiger partial charge in [0.25, 0.3) is 0 Å². The third kappa shape index (κ3) is 5.60. The van der Waals surface area contributed by atoms with Crippen LogP contribution in [0.4, 0.5) is 9.18 Å². The molecule has 27 heavy (non-hydrogen) atoms.